The van der Waals surface area contributed by atoms with E-state index in [1.54, 1.807) is 17.4 Å². The molecule has 4 nitrogen and oxygen atoms in total. The molecule has 7 rings (SSSR count). The molecule has 4 aromatic heterocycles. The molecule has 0 saturated heterocycles. The van der Waals surface area contributed by atoms with Gasteiger partial charge in [0.1, 0.15) is 10.6 Å². The highest BCUT2D eigenvalue weighted by Gasteiger charge is 2.18. The molecule has 3 aromatic carbocycles. The van der Waals surface area contributed by atoms with Crippen molar-refractivity contribution < 1.29 is 5.11 Å². The van der Waals surface area contributed by atoms with E-state index in [0.717, 1.165) is 54.1 Å². The van der Waals surface area contributed by atoms with Crippen molar-refractivity contribution in [3.05, 3.63) is 120 Å². The van der Waals surface area contributed by atoms with Gasteiger partial charge in [-0.3, -0.25) is 4.98 Å². The zero-order valence-corrected chi connectivity index (χ0v) is 23.8. The van der Waals surface area contributed by atoms with Crippen molar-refractivity contribution in [2.75, 3.05) is 0 Å². The van der Waals surface area contributed by atoms with Crippen LogP contribution in [0.1, 0.15) is 16.7 Å². The first-order chi connectivity index (χ1) is 20.0. The van der Waals surface area contributed by atoms with Crippen molar-refractivity contribution >= 4 is 31.6 Å². The molecule has 7 aromatic rings. The molecule has 0 aliphatic rings. The Morgan fingerprint density at radius 1 is 0.610 bits per heavy atom. The van der Waals surface area contributed by atoms with Crippen molar-refractivity contribution in [1.29, 1.82) is 0 Å². The molecule has 0 amide bonds. The lowest BCUT2D eigenvalue weighted by Gasteiger charge is -2.16. The third kappa shape index (κ3) is 4.45. The average Bonchev–Trinajstić information content (AvgIpc) is 3.35. The summed E-state index contributed by atoms with van der Waals surface area (Å²) < 4.78 is 1.16. The molecule has 0 fully saturated rings. The van der Waals surface area contributed by atoms with E-state index < -0.39 is 0 Å². The first kappa shape index (κ1) is 25.1. The Kier molecular flexibility index (Phi) is 6.10. The summed E-state index contributed by atoms with van der Waals surface area (Å²) in [6, 6.07) is 30.6. The molecule has 0 radical (unpaired) electrons. The van der Waals surface area contributed by atoms with E-state index >= 15 is 0 Å². The number of nitrogens with zero attached hydrogens (tertiary/aromatic N) is 3. The van der Waals surface area contributed by atoms with E-state index in [0.29, 0.717) is 5.56 Å². The van der Waals surface area contributed by atoms with Crippen LogP contribution < -0.4 is 0 Å². The molecule has 0 bridgehead atoms. The van der Waals surface area contributed by atoms with Crippen LogP contribution >= 0.6 is 11.3 Å². The molecule has 0 saturated carbocycles. The van der Waals surface area contributed by atoms with Gasteiger partial charge in [0.05, 0.1) is 17.1 Å². The summed E-state index contributed by atoms with van der Waals surface area (Å²) >= 11 is 1.69. The minimum Gasteiger partial charge on any atom is -0.507 e. The highest BCUT2D eigenvalue weighted by Crippen LogP contribution is 2.43. The van der Waals surface area contributed by atoms with E-state index in [-0.39, 0.29) is 5.75 Å². The van der Waals surface area contributed by atoms with Gasteiger partial charge in [0.15, 0.2) is 0 Å². The van der Waals surface area contributed by atoms with Gasteiger partial charge in [0.2, 0.25) is 0 Å². The summed E-state index contributed by atoms with van der Waals surface area (Å²) in [4.78, 5) is 15.5. The zero-order valence-electron chi connectivity index (χ0n) is 23.0. The number of hydrogen-bond acceptors (Lipinski definition) is 5. The highest BCUT2D eigenvalue weighted by molar-refractivity contribution is 7.26. The molecule has 0 atom stereocenters. The maximum absolute atomic E-state index is 10.8. The van der Waals surface area contributed by atoms with E-state index in [1.165, 1.54) is 22.3 Å². The van der Waals surface area contributed by atoms with Crippen LogP contribution in [0.2, 0.25) is 0 Å². The summed E-state index contributed by atoms with van der Waals surface area (Å²) in [5.74, 6) is 0.208. The topological polar surface area (TPSA) is 58.9 Å². The number of phenolic OH excluding ortho intramolecular Hbond substituents is 1. The number of aromatic nitrogens is 3. The third-order valence-corrected chi connectivity index (χ3v) is 8.72. The summed E-state index contributed by atoms with van der Waals surface area (Å²) in [5, 5.41) is 13.1. The normalized spacial score (nSPS) is 11.4. The van der Waals surface area contributed by atoms with E-state index in [2.05, 4.69) is 68.2 Å². The number of hydrogen-bond donors (Lipinski definition) is 1. The predicted octanol–water partition coefficient (Wildman–Crippen LogP) is 9.54. The van der Waals surface area contributed by atoms with Gasteiger partial charge in [0, 0.05) is 44.6 Å². The molecule has 0 unspecified atom stereocenters. The van der Waals surface area contributed by atoms with Gasteiger partial charge in [-0.2, -0.15) is 0 Å². The molecule has 5 heteroatoms. The highest BCUT2D eigenvalue weighted by atomic mass is 32.1. The van der Waals surface area contributed by atoms with Gasteiger partial charge in [0.25, 0.3) is 0 Å². The first-order valence-corrected chi connectivity index (χ1v) is 14.4. The number of fused-ring (bicyclic) bond motifs is 3. The van der Waals surface area contributed by atoms with E-state index in [9.17, 15) is 5.11 Å². The van der Waals surface area contributed by atoms with Crippen molar-refractivity contribution in [1.82, 2.24) is 15.0 Å². The molecule has 4 heterocycles. The van der Waals surface area contributed by atoms with Gasteiger partial charge in [-0.15, -0.1) is 11.3 Å². The molecule has 1 N–H and O–H groups in total. The largest absolute Gasteiger partial charge is 0.507 e. The van der Waals surface area contributed by atoms with Gasteiger partial charge in [-0.05, 0) is 104 Å². The minimum atomic E-state index is 0.208. The quantitative estimate of drug-likeness (QED) is 0.237. The summed E-state index contributed by atoms with van der Waals surface area (Å²) in [6.07, 6.45) is 3.67. The number of aryl methyl sites for hydroxylation is 3. The van der Waals surface area contributed by atoms with Crippen LogP contribution in [0.4, 0.5) is 0 Å². The fourth-order valence-corrected chi connectivity index (χ4v) is 7.01. The Hall–Kier alpha value is -4.87. The van der Waals surface area contributed by atoms with Crippen molar-refractivity contribution in [2.45, 2.75) is 20.8 Å². The lowest BCUT2D eigenvalue weighted by molar-refractivity contribution is 0.477. The number of phenols is 1. The molecule has 0 aliphatic carbocycles. The van der Waals surface area contributed by atoms with E-state index in [1.807, 2.05) is 54.9 Å². The zero-order chi connectivity index (χ0) is 28.1. The number of para-hydroxylation sites is 1. The Morgan fingerprint density at radius 3 is 2.15 bits per heavy atom. The molecular formula is C36H27N3OS. The van der Waals surface area contributed by atoms with E-state index in [4.69, 9.17) is 9.97 Å². The second kappa shape index (κ2) is 9.95. The van der Waals surface area contributed by atoms with Gasteiger partial charge >= 0.3 is 0 Å². The second-order valence-electron chi connectivity index (χ2n) is 10.5. The number of thiophene rings is 1. The standard InChI is InChI=1S/C36H27N3OS/c1-21-15-22(2)34(23(3)16-21)25-19-31(39-32(20-25)27-9-4-5-12-33(27)40)24-17-28-26-10-8-14-38-36(26)41-35(28)29(18-24)30-11-6-7-13-37-30/h4-20,40H,1-3H3. The first-order valence-electron chi connectivity index (χ1n) is 13.6. The third-order valence-electron chi connectivity index (χ3n) is 7.56. The van der Waals surface area contributed by atoms with Gasteiger partial charge in [-0.25, -0.2) is 9.97 Å². The minimum absolute atomic E-state index is 0.208. The second-order valence-corrected chi connectivity index (χ2v) is 11.5. The van der Waals surface area contributed by atoms with Crippen LogP contribution in [-0.4, -0.2) is 20.1 Å². The van der Waals surface area contributed by atoms with Crippen LogP contribution in [0.25, 0.3) is 65.2 Å². The number of rotatable bonds is 4. The fraction of sp³-hybridized carbons (Fsp3) is 0.0833. The molecule has 0 spiro atoms. The Balaban J connectivity index is 1.55. The van der Waals surface area contributed by atoms with Gasteiger partial charge in [-0.1, -0.05) is 35.9 Å². The smallest absolute Gasteiger partial charge is 0.124 e. The van der Waals surface area contributed by atoms with Crippen LogP contribution in [0.3, 0.4) is 0 Å². The Bertz CT molecular complexity index is 2070. The van der Waals surface area contributed by atoms with Crippen molar-refractivity contribution in [3.8, 4) is 50.6 Å². The maximum Gasteiger partial charge on any atom is 0.124 e. The summed E-state index contributed by atoms with van der Waals surface area (Å²) in [6.45, 7) is 6.44. The summed E-state index contributed by atoms with van der Waals surface area (Å²) in [7, 11) is 0. The molecule has 0 aliphatic heterocycles. The molecular weight excluding hydrogens is 522 g/mol. The summed E-state index contributed by atoms with van der Waals surface area (Å²) in [5.41, 5.74) is 11.1. The lowest BCUT2D eigenvalue weighted by atomic mass is 9.91. The maximum atomic E-state index is 10.8. The van der Waals surface area contributed by atoms with Crippen molar-refractivity contribution in [2.24, 2.45) is 0 Å². The Labute approximate surface area is 242 Å². The number of pyridine rings is 3. The van der Waals surface area contributed by atoms with Crippen LogP contribution in [-0.2, 0) is 0 Å². The van der Waals surface area contributed by atoms with Crippen LogP contribution in [0, 0.1) is 20.8 Å². The van der Waals surface area contributed by atoms with Crippen LogP contribution in [0.15, 0.2) is 103 Å². The Morgan fingerprint density at radius 2 is 1.37 bits per heavy atom. The average molecular weight is 550 g/mol. The number of aromatic hydroxyl groups is 1. The lowest BCUT2D eigenvalue weighted by Crippen LogP contribution is -1.95. The van der Waals surface area contributed by atoms with Crippen LogP contribution in [0.5, 0.6) is 5.75 Å². The monoisotopic (exact) mass is 549 g/mol. The SMILES string of the molecule is Cc1cc(C)c(-c2cc(-c3cc(-c4ccccn4)c4sc5ncccc5c4c3)nc(-c3ccccc3O)c2)c(C)c1. The predicted molar refractivity (Wildman–Crippen MR) is 170 cm³/mol. The fourth-order valence-electron chi connectivity index (χ4n) is 5.86. The molecule has 198 valence electrons. The van der Waals surface area contributed by atoms with Crippen molar-refractivity contribution in [3.63, 3.8) is 0 Å². The van der Waals surface area contributed by atoms with Gasteiger partial charge < -0.3 is 5.11 Å². The number of benzene rings is 3. The molecule has 41 heavy (non-hydrogen) atoms.